The van der Waals surface area contributed by atoms with Crippen molar-refractivity contribution in [2.24, 2.45) is 5.73 Å². The Labute approximate surface area is 85.6 Å². The first-order valence-electron chi connectivity index (χ1n) is 3.84. The maximum Gasteiger partial charge on any atom is 0.327 e. The molecule has 0 saturated heterocycles. The Morgan fingerprint density at radius 3 is 2.86 bits per heavy atom. The highest BCUT2D eigenvalue weighted by Crippen LogP contribution is 2.23. The highest BCUT2D eigenvalue weighted by Gasteiger charge is 2.19. The lowest BCUT2D eigenvalue weighted by Gasteiger charge is -2.10. The molecule has 0 bridgehead atoms. The Hall–Kier alpha value is -1.13. The maximum absolute atomic E-state index is 12.8. The fourth-order valence-electron chi connectivity index (χ4n) is 1.01. The molecule has 1 atom stereocenters. The molecule has 1 unspecified atom stereocenters. The lowest BCUT2D eigenvalue weighted by Crippen LogP contribution is -2.23. The van der Waals surface area contributed by atoms with Crippen LogP contribution in [0.3, 0.4) is 0 Å². The third kappa shape index (κ3) is 2.21. The molecule has 0 aromatic heterocycles. The van der Waals surface area contributed by atoms with Crippen LogP contribution in [0.25, 0.3) is 0 Å². The average Bonchev–Trinajstić information content (AvgIpc) is 2.19. The molecule has 1 aromatic carbocycles. The minimum atomic E-state index is -1.05. The van der Waals surface area contributed by atoms with Crippen molar-refractivity contribution in [1.29, 1.82) is 0 Å². The van der Waals surface area contributed by atoms with E-state index in [4.69, 9.17) is 17.3 Å². The Kier molecular flexibility index (Phi) is 3.43. The van der Waals surface area contributed by atoms with Gasteiger partial charge < -0.3 is 10.5 Å². The van der Waals surface area contributed by atoms with Crippen LogP contribution >= 0.6 is 11.6 Å². The summed E-state index contributed by atoms with van der Waals surface area (Å²) in [6.07, 6.45) is 0. The second-order valence-electron chi connectivity index (χ2n) is 2.67. The minimum absolute atomic E-state index is 0.221. The fourth-order valence-corrected chi connectivity index (χ4v) is 1.24. The van der Waals surface area contributed by atoms with Gasteiger partial charge in [0.1, 0.15) is 11.9 Å². The molecule has 0 fully saturated rings. The Balaban J connectivity index is 3.05. The molecule has 0 aliphatic carbocycles. The summed E-state index contributed by atoms with van der Waals surface area (Å²) in [7, 11) is 1.20. The van der Waals surface area contributed by atoms with Gasteiger partial charge in [0.2, 0.25) is 0 Å². The quantitative estimate of drug-likeness (QED) is 0.767. The molecule has 1 rings (SSSR count). The molecule has 0 radical (unpaired) electrons. The molecular formula is C9H9ClFNO2. The lowest BCUT2D eigenvalue weighted by atomic mass is 10.1. The smallest absolute Gasteiger partial charge is 0.327 e. The summed E-state index contributed by atoms with van der Waals surface area (Å²) in [5, 5.41) is 0.240. The zero-order valence-corrected chi connectivity index (χ0v) is 8.22. The summed E-state index contributed by atoms with van der Waals surface area (Å²) in [5.41, 5.74) is 5.71. The summed E-state index contributed by atoms with van der Waals surface area (Å²) in [5.74, 6) is -1.15. The maximum atomic E-state index is 12.8. The van der Waals surface area contributed by atoms with Gasteiger partial charge in [-0.2, -0.15) is 0 Å². The van der Waals surface area contributed by atoms with E-state index in [2.05, 4.69) is 4.74 Å². The van der Waals surface area contributed by atoms with Crippen molar-refractivity contribution in [2.75, 3.05) is 7.11 Å². The second-order valence-corrected chi connectivity index (χ2v) is 3.07. The van der Waals surface area contributed by atoms with Gasteiger partial charge in [-0.15, -0.1) is 0 Å². The van der Waals surface area contributed by atoms with Crippen LogP contribution in [-0.4, -0.2) is 13.1 Å². The number of ether oxygens (including phenoxy) is 1. The van der Waals surface area contributed by atoms with Crippen LogP contribution in [-0.2, 0) is 9.53 Å². The Morgan fingerprint density at radius 1 is 1.64 bits per heavy atom. The first-order valence-corrected chi connectivity index (χ1v) is 4.22. The first-order chi connectivity index (χ1) is 6.56. The molecule has 76 valence electrons. The van der Waals surface area contributed by atoms with Gasteiger partial charge >= 0.3 is 5.97 Å². The molecule has 1 aromatic rings. The number of nitrogens with two attached hydrogens (primary N) is 1. The topological polar surface area (TPSA) is 52.3 Å². The first kappa shape index (κ1) is 10.9. The molecule has 0 heterocycles. The lowest BCUT2D eigenvalue weighted by molar-refractivity contribution is -0.142. The van der Waals surface area contributed by atoms with Gasteiger partial charge in [-0.3, -0.25) is 4.79 Å². The molecule has 0 spiro atoms. The molecular weight excluding hydrogens is 209 g/mol. The van der Waals surface area contributed by atoms with E-state index >= 15 is 0 Å². The van der Waals surface area contributed by atoms with Crippen molar-refractivity contribution in [2.45, 2.75) is 6.04 Å². The van der Waals surface area contributed by atoms with Gasteiger partial charge in [-0.1, -0.05) is 11.6 Å². The average molecular weight is 218 g/mol. The van der Waals surface area contributed by atoms with E-state index in [1.807, 2.05) is 0 Å². The Bertz CT molecular complexity index is 357. The van der Waals surface area contributed by atoms with Gasteiger partial charge in [0, 0.05) is 10.6 Å². The number of esters is 1. The normalized spacial score (nSPS) is 12.3. The van der Waals surface area contributed by atoms with E-state index < -0.39 is 17.8 Å². The number of halogens is 2. The summed E-state index contributed by atoms with van der Waals surface area (Å²) < 4.78 is 17.2. The van der Waals surface area contributed by atoms with Crippen molar-refractivity contribution >= 4 is 17.6 Å². The van der Waals surface area contributed by atoms with Crippen molar-refractivity contribution < 1.29 is 13.9 Å². The third-order valence-corrected chi connectivity index (χ3v) is 2.09. The third-order valence-electron chi connectivity index (χ3n) is 1.75. The predicted molar refractivity (Wildman–Crippen MR) is 50.4 cm³/mol. The standard InChI is InChI=1S/C9H9ClFNO2/c1-14-9(13)8(12)6-4-5(11)2-3-7(6)10/h2-4,8H,12H2,1H3. The predicted octanol–water partition coefficient (Wildman–Crippen LogP) is 1.65. The minimum Gasteiger partial charge on any atom is -0.468 e. The van der Waals surface area contributed by atoms with Crippen LogP contribution < -0.4 is 5.73 Å². The van der Waals surface area contributed by atoms with Crippen LogP contribution in [0.1, 0.15) is 11.6 Å². The highest BCUT2D eigenvalue weighted by atomic mass is 35.5. The van der Waals surface area contributed by atoms with Gasteiger partial charge in [-0.05, 0) is 18.2 Å². The molecule has 0 amide bonds. The van der Waals surface area contributed by atoms with Gasteiger partial charge in [0.25, 0.3) is 0 Å². The van der Waals surface area contributed by atoms with Crippen LogP contribution in [0.2, 0.25) is 5.02 Å². The summed E-state index contributed by atoms with van der Waals surface area (Å²) >= 11 is 5.74. The monoisotopic (exact) mass is 217 g/mol. The van der Waals surface area contributed by atoms with Crippen LogP contribution in [0, 0.1) is 5.82 Å². The SMILES string of the molecule is COC(=O)C(N)c1cc(F)ccc1Cl. The number of benzene rings is 1. The largest absolute Gasteiger partial charge is 0.468 e. The molecule has 0 saturated carbocycles. The van der Waals surface area contributed by atoms with Crippen LogP contribution in [0.15, 0.2) is 18.2 Å². The number of carbonyl (C=O) groups excluding carboxylic acids is 1. The summed E-state index contributed by atoms with van der Waals surface area (Å²) in [4.78, 5) is 11.0. The van der Waals surface area contributed by atoms with E-state index in [1.165, 1.54) is 19.2 Å². The molecule has 0 aliphatic heterocycles. The van der Waals surface area contributed by atoms with Gasteiger partial charge in [0.15, 0.2) is 0 Å². The van der Waals surface area contributed by atoms with E-state index in [0.29, 0.717) is 0 Å². The zero-order chi connectivity index (χ0) is 10.7. The second kappa shape index (κ2) is 4.39. The number of hydrogen-bond acceptors (Lipinski definition) is 3. The van der Waals surface area contributed by atoms with E-state index in [1.54, 1.807) is 0 Å². The van der Waals surface area contributed by atoms with Crippen molar-refractivity contribution in [3.63, 3.8) is 0 Å². The van der Waals surface area contributed by atoms with Crippen molar-refractivity contribution in [3.05, 3.63) is 34.6 Å². The number of hydrogen-bond donors (Lipinski definition) is 1. The van der Waals surface area contributed by atoms with Crippen LogP contribution in [0.5, 0.6) is 0 Å². The molecule has 0 aliphatic rings. The molecule has 14 heavy (non-hydrogen) atoms. The molecule has 2 N–H and O–H groups in total. The van der Waals surface area contributed by atoms with E-state index in [-0.39, 0.29) is 10.6 Å². The van der Waals surface area contributed by atoms with Crippen LogP contribution in [0.4, 0.5) is 4.39 Å². The van der Waals surface area contributed by atoms with E-state index in [9.17, 15) is 9.18 Å². The number of carbonyl (C=O) groups is 1. The Morgan fingerprint density at radius 2 is 2.29 bits per heavy atom. The zero-order valence-electron chi connectivity index (χ0n) is 7.46. The number of methoxy groups -OCH3 is 1. The fraction of sp³-hybridized carbons (Fsp3) is 0.222. The number of rotatable bonds is 2. The van der Waals surface area contributed by atoms with Crippen molar-refractivity contribution in [1.82, 2.24) is 0 Å². The molecule has 5 heteroatoms. The summed E-state index contributed by atoms with van der Waals surface area (Å²) in [6, 6.07) is 2.60. The molecule has 3 nitrogen and oxygen atoms in total. The highest BCUT2D eigenvalue weighted by molar-refractivity contribution is 6.31. The summed E-state index contributed by atoms with van der Waals surface area (Å²) in [6.45, 7) is 0. The van der Waals surface area contributed by atoms with Gasteiger partial charge in [0.05, 0.1) is 7.11 Å². The van der Waals surface area contributed by atoms with E-state index in [0.717, 1.165) is 6.07 Å². The van der Waals surface area contributed by atoms with Crippen molar-refractivity contribution in [3.8, 4) is 0 Å². The van der Waals surface area contributed by atoms with Gasteiger partial charge in [-0.25, -0.2) is 4.39 Å².